The van der Waals surface area contributed by atoms with Crippen molar-refractivity contribution in [3.63, 3.8) is 0 Å². The standard InChI is InChI=1S/C17H29FN2/c1-5-16(6-2)20(11-13(3)4)12-17(19)14-7-9-15(18)10-8-14/h7-10,13,16-17H,5-6,11-12,19H2,1-4H3. The van der Waals surface area contributed by atoms with Crippen molar-refractivity contribution >= 4 is 0 Å². The number of halogens is 1. The molecule has 0 bridgehead atoms. The molecule has 0 aliphatic rings. The molecule has 0 aromatic heterocycles. The third kappa shape index (κ3) is 5.22. The maximum absolute atomic E-state index is 13.0. The zero-order chi connectivity index (χ0) is 15.1. The maximum atomic E-state index is 13.0. The molecule has 0 saturated heterocycles. The van der Waals surface area contributed by atoms with Crippen LogP contribution in [-0.4, -0.2) is 24.0 Å². The minimum Gasteiger partial charge on any atom is -0.323 e. The Hall–Kier alpha value is -0.930. The van der Waals surface area contributed by atoms with Gasteiger partial charge in [0.2, 0.25) is 0 Å². The molecule has 20 heavy (non-hydrogen) atoms. The molecular weight excluding hydrogens is 251 g/mol. The van der Waals surface area contributed by atoms with Gasteiger partial charge in [-0.2, -0.15) is 0 Å². The molecular formula is C17H29FN2. The summed E-state index contributed by atoms with van der Waals surface area (Å²) in [6.45, 7) is 10.8. The van der Waals surface area contributed by atoms with Gasteiger partial charge >= 0.3 is 0 Å². The Labute approximate surface area is 123 Å². The SMILES string of the molecule is CCC(CC)N(CC(C)C)CC(N)c1ccc(F)cc1. The molecule has 1 aromatic rings. The van der Waals surface area contributed by atoms with E-state index in [1.807, 2.05) is 0 Å². The Kier molecular flexibility index (Phi) is 7.17. The van der Waals surface area contributed by atoms with Crippen LogP contribution in [0.4, 0.5) is 4.39 Å². The van der Waals surface area contributed by atoms with Gasteiger partial charge in [-0.15, -0.1) is 0 Å². The van der Waals surface area contributed by atoms with E-state index >= 15 is 0 Å². The van der Waals surface area contributed by atoms with E-state index < -0.39 is 0 Å². The van der Waals surface area contributed by atoms with E-state index in [0.29, 0.717) is 12.0 Å². The number of nitrogens with two attached hydrogens (primary N) is 1. The van der Waals surface area contributed by atoms with Gasteiger partial charge in [0.05, 0.1) is 0 Å². The average molecular weight is 280 g/mol. The van der Waals surface area contributed by atoms with Gasteiger partial charge in [-0.1, -0.05) is 39.8 Å². The minimum atomic E-state index is -0.208. The Balaban J connectivity index is 2.74. The molecule has 1 unspecified atom stereocenters. The van der Waals surface area contributed by atoms with E-state index in [-0.39, 0.29) is 11.9 Å². The van der Waals surface area contributed by atoms with Crippen LogP contribution in [0.1, 0.15) is 52.1 Å². The van der Waals surface area contributed by atoms with Crippen molar-refractivity contribution in [3.05, 3.63) is 35.6 Å². The third-order valence-corrected chi connectivity index (χ3v) is 3.79. The van der Waals surface area contributed by atoms with Gasteiger partial charge in [-0.25, -0.2) is 4.39 Å². The maximum Gasteiger partial charge on any atom is 0.123 e. The minimum absolute atomic E-state index is 0.0602. The van der Waals surface area contributed by atoms with Crippen LogP contribution in [0.25, 0.3) is 0 Å². The smallest absolute Gasteiger partial charge is 0.123 e. The Morgan fingerprint density at radius 2 is 1.60 bits per heavy atom. The summed E-state index contributed by atoms with van der Waals surface area (Å²) in [5.41, 5.74) is 7.31. The Bertz CT molecular complexity index is 371. The zero-order valence-corrected chi connectivity index (χ0v) is 13.3. The summed E-state index contributed by atoms with van der Waals surface area (Å²) in [7, 11) is 0. The monoisotopic (exact) mass is 280 g/mol. The summed E-state index contributed by atoms with van der Waals surface area (Å²) in [6.07, 6.45) is 2.28. The van der Waals surface area contributed by atoms with Crippen molar-refractivity contribution in [1.82, 2.24) is 4.90 Å². The van der Waals surface area contributed by atoms with Gasteiger partial charge in [0, 0.05) is 25.2 Å². The van der Waals surface area contributed by atoms with Crippen LogP contribution in [0.2, 0.25) is 0 Å². The lowest BCUT2D eigenvalue weighted by atomic mass is 10.0. The van der Waals surface area contributed by atoms with E-state index in [1.165, 1.54) is 12.1 Å². The first kappa shape index (κ1) is 17.1. The summed E-state index contributed by atoms with van der Waals surface area (Å²) in [4.78, 5) is 2.48. The fraction of sp³-hybridized carbons (Fsp3) is 0.647. The van der Waals surface area contributed by atoms with Gasteiger partial charge in [-0.05, 0) is 36.5 Å². The quantitative estimate of drug-likeness (QED) is 0.780. The van der Waals surface area contributed by atoms with Crippen molar-refractivity contribution in [2.24, 2.45) is 11.7 Å². The number of nitrogens with zero attached hydrogens (tertiary/aromatic N) is 1. The number of benzene rings is 1. The molecule has 0 amide bonds. The van der Waals surface area contributed by atoms with Gasteiger partial charge < -0.3 is 5.73 Å². The van der Waals surface area contributed by atoms with Crippen LogP contribution in [-0.2, 0) is 0 Å². The molecule has 2 nitrogen and oxygen atoms in total. The van der Waals surface area contributed by atoms with Gasteiger partial charge in [0.15, 0.2) is 0 Å². The largest absolute Gasteiger partial charge is 0.323 e. The lowest BCUT2D eigenvalue weighted by Gasteiger charge is -2.34. The van der Waals surface area contributed by atoms with E-state index in [4.69, 9.17) is 5.73 Å². The van der Waals surface area contributed by atoms with Crippen molar-refractivity contribution < 1.29 is 4.39 Å². The normalized spacial score (nSPS) is 13.4. The first-order chi connectivity index (χ1) is 9.47. The summed E-state index contributed by atoms with van der Waals surface area (Å²) in [5.74, 6) is 0.413. The second-order valence-corrected chi connectivity index (χ2v) is 5.98. The highest BCUT2D eigenvalue weighted by Gasteiger charge is 2.19. The van der Waals surface area contributed by atoms with Gasteiger partial charge in [0.25, 0.3) is 0 Å². The number of rotatable bonds is 8. The summed E-state index contributed by atoms with van der Waals surface area (Å²) >= 11 is 0. The highest BCUT2D eigenvalue weighted by Crippen LogP contribution is 2.18. The van der Waals surface area contributed by atoms with Crippen molar-refractivity contribution in [1.29, 1.82) is 0 Å². The molecule has 0 spiro atoms. The van der Waals surface area contributed by atoms with Crippen LogP contribution in [0.5, 0.6) is 0 Å². The van der Waals surface area contributed by atoms with Crippen LogP contribution < -0.4 is 5.73 Å². The molecule has 0 fully saturated rings. The van der Waals surface area contributed by atoms with Crippen LogP contribution in [0.15, 0.2) is 24.3 Å². The third-order valence-electron chi connectivity index (χ3n) is 3.79. The van der Waals surface area contributed by atoms with E-state index in [2.05, 4.69) is 32.6 Å². The molecule has 0 saturated carbocycles. The Morgan fingerprint density at radius 3 is 2.05 bits per heavy atom. The first-order valence-corrected chi connectivity index (χ1v) is 7.72. The predicted octanol–water partition coefficient (Wildman–Crippen LogP) is 3.97. The second kappa shape index (κ2) is 8.38. The highest BCUT2D eigenvalue weighted by molar-refractivity contribution is 5.19. The summed E-state index contributed by atoms with van der Waals surface area (Å²) in [6, 6.07) is 7.07. The zero-order valence-electron chi connectivity index (χ0n) is 13.3. The molecule has 1 atom stereocenters. The molecule has 3 heteroatoms. The summed E-state index contributed by atoms with van der Waals surface area (Å²) < 4.78 is 13.0. The molecule has 0 heterocycles. The molecule has 1 rings (SSSR count). The summed E-state index contributed by atoms with van der Waals surface area (Å²) in [5, 5.41) is 0. The molecule has 2 N–H and O–H groups in total. The molecule has 0 aliphatic heterocycles. The van der Waals surface area contributed by atoms with E-state index in [9.17, 15) is 4.39 Å². The topological polar surface area (TPSA) is 29.3 Å². The fourth-order valence-electron chi connectivity index (χ4n) is 2.71. The lowest BCUT2D eigenvalue weighted by Crippen LogP contribution is -2.41. The van der Waals surface area contributed by atoms with Crippen LogP contribution >= 0.6 is 0 Å². The predicted molar refractivity (Wildman–Crippen MR) is 84.1 cm³/mol. The molecule has 1 aromatic carbocycles. The van der Waals surface area contributed by atoms with E-state index in [0.717, 1.165) is 31.5 Å². The average Bonchev–Trinajstić information content (AvgIpc) is 2.40. The molecule has 0 aliphatic carbocycles. The fourth-order valence-corrected chi connectivity index (χ4v) is 2.71. The van der Waals surface area contributed by atoms with E-state index in [1.54, 1.807) is 12.1 Å². The van der Waals surface area contributed by atoms with Crippen LogP contribution in [0.3, 0.4) is 0 Å². The van der Waals surface area contributed by atoms with Crippen molar-refractivity contribution in [3.8, 4) is 0 Å². The van der Waals surface area contributed by atoms with Gasteiger partial charge in [0.1, 0.15) is 5.82 Å². The molecule has 114 valence electrons. The van der Waals surface area contributed by atoms with Crippen molar-refractivity contribution in [2.75, 3.05) is 13.1 Å². The Morgan fingerprint density at radius 1 is 1.05 bits per heavy atom. The first-order valence-electron chi connectivity index (χ1n) is 7.72. The number of hydrogen-bond acceptors (Lipinski definition) is 2. The van der Waals surface area contributed by atoms with Crippen LogP contribution in [0, 0.1) is 11.7 Å². The second-order valence-electron chi connectivity index (χ2n) is 5.98. The van der Waals surface area contributed by atoms with Crippen molar-refractivity contribution in [2.45, 2.75) is 52.6 Å². The molecule has 0 radical (unpaired) electrons. The van der Waals surface area contributed by atoms with Gasteiger partial charge in [-0.3, -0.25) is 4.90 Å². The number of hydrogen-bond donors (Lipinski definition) is 1. The lowest BCUT2D eigenvalue weighted by molar-refractivity contribution is 0.156. The highest BCUT2D eigenvalue weighted by atomic mass is 19.1.